The van der Waals surface area contributed by atoms with Crippen LogP contribution in [0.4, 0.5) is 21.6 Å². The van der Waals surface area contributed by atoms with E-state index in [1.165, 1.54) is 17.0 Å². The van der Waals surface area contributed by atoms with E-state index in [9.17, 15) is 23.9 Å². The van der Waals surface area contributed by atoms with Crippen LogP contribution in [0.15, 0.2) is 60.8 Å². The zero-order valence-corrected chi connectivity index (χ0v) is 25.5. The molecule has 3 aliphatic rings. The highest BCUT2D eigenvalue weighted by Gasteiger charge is 2.45. The number of thiophene rings is 1. The minimum Gasteiger partial charge on any atom is -0.477 e. The average Bonchev–Trinajstić information content (AvgIpc) is 3.39. The van der Waals surface area contributed by atoms with Gasteiger partial charge in [-0.1, -0.05) is 0 Å². The monoisotopic (exact) mass is 626 g/mol. The van der Waals surface area contributed by atoms with Gasteiger partial charge in [0.25, 0.3) is 11.8 Å². The lowest BCUT2D eigenvalue weighted by Crippen LogP contribution is -2.59. The Kier molecular flexibility index (Phi) is 7.37. The highest BCUT2D eigenvalue weighted by molar-refractivity contribution is 7.17. The van der Waals surface area contributed by atoms with Gasteiger partial charge in [0.2, 0.25) is 0 Å². The van der Waals surface area contributed by atoms with E-state index >= 15 is 0 Å². The predicted molar refractivity (Wildman–Crippen MR) is 170 cm³/mol. The maximum absolute atomic E-state index is 14.4. The number of ether oxygens (including phenoxy) is 1. The number of carboxylic acid groups (broad SMARTS) is 1. The molecule has 0 radical (unpaired) electrons. The Morgan fingerprint density at radius 2 is 1.80 bits per heavy atom. The van der Waals surface area contributed by atoms with Gasteiger partial charge in [-0.05, 0) is 91.9 Å². The van der Waals surface area contributed by atoms with Gasteiger partial charge in [-0.15, -0.1) is 11.3 Å². The summed E-state index contributed by atoms with van der Waals surface area (Å²) in [5.41, 5.74) is 4.33. The first-order valence-corrected chi connectivity index (χ1v) is 15.7. The normalized spacial score (nSPS) is 16.8. The van der Waals surface area contributed by atoms with Crippen LogP contribution in [0.2, 0.25) is 0 Å². The second-order valence-corrected chi connectivity index (χ2v) is 13.1. The summed E-state index contributed by atoms with van der Waals surface area (Å²) in [6.45, 7) is 5.39. The van der Waals surface area contributed by atoms with Crippen LogP contribution in [0.25, 0.3) is 10.4 Å². The summed E-state index contributed by atoms with van der Waals surface area (Å²) in [7, 11) is 0. The molecule has 2 amide bonds. The summed E-state index contributed by atoms with van der Waals surface area (Å²) in [5, 5.41) is 12.4. The van der Waals surface area contributed by atoms with E-state index in [0.29, 0.717) is 40.3 Å². The molecule has 9 nitrogen and oxygen atoms in total. The Morgan fingerprint density at radius 3 is 2.53 bits per heavy atom. The second kappa shape index (κ2) is 11.4. The van der Waals surface area contributed by atoms with Gasteiger partial charge in [0.15, 0.2) is 0 Å². The molecule has 2 N–H and O–H groups in total. The fraction of sp³-hybridized carbons (Fsp3) is 0.294. The first-order valence-electron chi connectivity index (χ1n) is 14.9. The number of nitrogens with one attached hydrogen (secondary N) is 1. The zero-order chi connectivity index (χ0) is 31.3. The minimum atomic E-state index is -1.02. The largest absolute Gasteiger partial charge is 0.477 e. The molecule has 0 bridgehead atoms. The lowest BCUT2D eigenvalue weighted by molar-refractivity contribution is -0.000512. The molecule has 11 heteroatoms. The van der Waals surface area contributed by atoms with Gasteiger partial charge in [-0.3, -0.25) is 9.59 Å². The number of halogens is 1. The maximum Gasteiger partial charge on any atom is 0.345 e. The van der Waals surface area contributed by atoms with Crippen LogP contribution in [-0.4, -0.2) is 60.7 Å². The van der Waals surface area contributed by atoms with Gasteiger partial charge in [-0.25, -0.2) is 14.2 Å². The Morgan fingerprint density at radius 1 is 1.04 bits per heavy atom. The molecule has 3 aliphatic heterocycles. The van der Waals surface area contributed by atoms with E-state index in [1.54, 1.807) is 42.6 Å². The summed E-state index contributed by atoms with van der Waals surface area (Å²) < 4.78 is 20.0. The van der Waals surface area contributed by atoms with Crippen molar-refractivity contribution in [3.05, 3.63) is 93.7 Å². The quantitative estimate of drug-likeness (QED) is 0.278. The molecule has 4 aromatic rings. The van der Waals surface area contributed by atoms with Gasteiger partial charge in [0.1, 0.15) is 16.5 Å². The van der Waals surface area contributed by atoms with E-state index < -0.39 is 11.8 Å². The number of pyridine rings is 1. The molecule has 0 aliphatic carbocycles. The van der Waals surface area contributed by atoms with Crippen LogP contribution in [-0.2, 0) is 11.2 Å². The van der Waals surface area contributed by atoms with Crippen LogP contribution in [0, 0.1) is 18.2 Å². The maximum atomic E-state index is 14.4. The number of rotatable bonds is 5. The SMILES string of the molecule is Cc1cnc(N2CC3(CCOCC3)C2)c(C(=O)Nc2ccc(C(=O)N3CCc4cc(C(=O)O)sc4-c4ccc(F)cc43)cc2)c1. The van der Waals surface area contributed by atoms with Crippen molar-refractivity contribution in [2.24, 2.45) is 5.41 Å². The summed E-state index contributed by atoms with van der Waals surface area (Å²) in [5.74, 6) is -1.45. The molecule has 230 valence electrons. The van der Waals surface area contributed by atoms with Crippen molar-refractivity contribution in [2.45, 2.75) is 26.2 Å². The third-order valence-corrected chi connectivity index (χ3v) is 10.1. The van der Waals surface area contributed by atoms with Gasteiger partial charge in [-0.2, -0.15) is 0 Å². The Hall–Kier alpha value is -4.61. The molecule has 2 fully saturated rings. The van der Waals surface area contributed by atoms with E-state index in [4.69, 9.17) is 4.74 Å². The number of fused-ring (bicyclic) bond motifs is 3. The van der Waals surface area contributed by atoms with Crippen molar-refractivity contribution >= 4 is 46.3 Å². The topological polar surface area (TPSA) is 112 Å². The van der Waals surface area contributed by atoms with Crippen LogP contribution < -0.4 is 15.1 Å². The second-order valence-electron chi connectivity index (χ2n) is 12.0. The van der Waals surface area contributed by atoms with Crippen molar-refractivity contribution in [3.63, 3.8) is 0 Å². The van der Waals surface area contributed by atoms with Crippen LogP contribution in [0.3, 0.4) is 0 Å². The molecule has 1 spiro atoms. The van der Waals surface area contributed by atoms with Crippen molar-refractivity contribution in [3.8, 4) is 10.4 Å². The van der Waals surface area contributed by atoms with E-state index in [2.05, 4.69) is 15.2 Å². The van der Waals surface area contributed by atoms with Crippen molar-refractivity contribution in [2.75, 3.05) is 48.0 Å². The third kappa shape index (κ3) is 5.46. The summed E-state index contributed by atoms with van der Waals surface area (Å²) in [4.78, 5) is 48.1. The number of hydrogen-bond acceptors (Lipinski definition) is 7. The molecular formula is C34H31FN4O5S. The molecule has 45 heavy (non-hydrogen) atoms. The molecule has 7 rings (SSSR count). The number of carboxylic acids is 1. The third-order valence-electron chi connectivity index (χ3n) is 8.91. The smallest absolute Gasteiger partial charge is 0.345 e. The number of benzene rings is 2. The molecule has 2 saturated heterocycles. The number of anilines is 3. The molecule has 5 heterocycles. The molecule has 0 saturated carbocycles. The predicted octanol–water partition coefficient (Wildman–Crippen LogP) is 6.03. The first-order chi connectivity index (χ1) is 21.7. The number of carbonyl (C=O) groups is 3. The average molecular weight is 627 g/mol. The number of carbonyl (C=O) groups excluding carboxylic acids is 2. The van der Waals surface area contributed by atoms with Crippen LogP contribution >= 0.6 is 11.3 Å². The lowest BCUT2D eigenvalue weighted by atomic mass is 9.73. The van der Waals surface area contributed by atoms with E-state index in [-0.39, 0.29) is 28.7 Å². The minimum absolute atomic E-state index is 0.203. The molecular weight excluding hydrogens is 595 g/mol. The van der Waals surface area contributed by atoms with E-state index in [0.717, 1.165) is 66.5 Å². The van der Waals surface area contributed by atoms with Gasteiger partial charge < -0.3 is 25.0 Å². The van der Waals surface area contributed by atoms with Crippen molar-refractivity contribution < 1.29 is 28.6 Å². The highest BCUT2D eigenvalue weighted by Crippen LogP contribution is 2.43. The lowest BCUT2D eigenvalue weighted by Gasteiger charge is -2.53. The fourth-order valence-corrected chi connectivity index (χ4v) is 7.58. The van der Waals surface area contributed by atoms with Crippen LogP contribution in [0.5, 0.6) is 0 Å². The molecule has 2 aromatic carbocycles. The standard InChI is InChI=1S/C34H31FN4O5S/c1-20-14-26(30(36-17-20)38-18-34(19-38)9-12-44-13-10-34)31(40)37-24-5-2-21(3-6-24)32(41)39-11-8-22-15-28(33(42)43)45-29(22)25-7-4-23(35)16-27(25)39/h2-7,14-17H,8-13,18-19H2,1H3,(H,37,40)(H,42,43). The van der Waals surface area contributed by atoms with Gasteiger partial charge in [0.05, 0.1) is 11.3 Å². The zero-order valence-electron chi connectivity index (χ0n) is 24.6. The number of amides is 2. The van der Waals surface area contributed by atoms with Gasteiger partial charge in [0, 0.05) is 66.2 Å². The Labute approximate surface area is 263 Å². The Balaban J connectivity index is 1.09. The highest BCUT2D eigenvalue weighted by atomic mass is 32.1. The van der Waals surface area contributed by atoms with Gasteiger partial charge >= 0.3 is 5.97 Å². The molecule has 2 aromatic heterocycles. The van der Waals surface area contributed by atoms with Crippen LogP contribution in [0.1, 0.15) is 54.4 Å². The number of hydrogen-bond donors (Lipinski definition) is 2. The summed E-state index contributed by atoms with van der Waals surface area (Å²) in [6.07, 6.45) is 4.23. The Bertz CT molecular complexity index is 1820. The molecule has 0 atom stereocenters. The van der Waals surface area contributed by atoms with Crippen molar-refractivity contribution in [1.29, 1.82) is 0 Å². The number of nitrogens with zero attached hydrogens (tertiary/aromatic N) is 3. The first kappa shape index (κ1) is 29.1. The number of aromatic carboxylic acids is 1. The number of aryl methyl sites for hydroxylation is 1. The summed E-state index contributed by atoms with van der Waals surface area (Å²) >= 11 is 1.12. The number of aromatic nitrogens is 1. The van der Waals surface area contributed by atoms with Crippen molar-refractivity contribution in [1.82, 2.24) is 4.98 Å². The fourth-order valence-electron chi connectivity index (χ4n) is 6.50. The summed E-state index contributed by atoms with van der Waals surface area (Å²) in [6, 6.07) is 14.3. The van der Waals surface area contributed by atoms with E-state index in [1.807, 2.05) is 13.0 Å². The molecule has 0 unspecified atom stereocenters.